The first-order valence-corrected chi connectivity index (χ1v) is 8.93. The second-order valence-corrected chi connectivity index (χ2v) is 6.57. The number of amides is 2. The summed E-state index contributed by atoms with van der Waals surface area (Å²) >= 11 is 1.24. The fourth-order valence-corrected chi connectivity index (χ4v) is 3.60. The molecule has 0 aliphatic carbocycles. The first kappa shape index (κ1) is 19.7. The van der Waals surface area contributed by atoms with Crippen LogP contribution in [0.4, 0.5) is 11.4 Å². The largest absolute Gasteiger partial charge is 0.496 e. The first-order chi connectivity index (χ1) is 12.4. The van der Waals surface area contributed by atoms with Gasteiger partial charge in [0.15, 0.2) is 5.17 Å². The lowest BCUT2D eigenvalue weighted by Gasteiger charge is -2.19. The molecule has 1 heterocycles. The quantitative estimate of drug-likeness (QED) is 0.570. The number of hydrogen-bond donors (Lipinski definition) is 1. The summed E-state index contributed by atoms with van der Waals surface area (Å²) in [6, 6.07) is 4.14. The van der Waals surface area contributed by atoms with Crippen LogP contribution in [0.2, 0.25) is 0 Å². The van der Waals surface area contributed by atoms with Crippen molar-refractivity contribution in [3.05, 3.63) is 28.3 Å². The highest BCUT2D eigenvalue weighted by Gasteiger charge is 2.32. The molecule has 0 spiro atoms. The molecule has 1 atom stereocenters. The topological polar surface area (TPSA) is 114 Å². The minimum atomic E-state index is -0.622. The van der Waals surface area contributed by atoms with Crippen molar-refractivity contribution in [3.8, 4) is 5.75 Å². The van der Waals surface area contributed by atoms with Gasteiger partial charge in [-0.1, -0.05) is 11.8 Å². The van der Waals surface area contributed by atoms with Crippen LogP contribution in [0.3, 0.4) is 0 Å². The van der Waals surface area contributed by atoms with E-state index in [2.05, 4.69) is 10.3 Å². The fourth-order valence-electron chi connectivity index (χ4n) is 2.40. The molecular formula is C16H20N4O5S. The van der Waals surface area contributed by atoms with E-state index >= 15 is 0 Å². The molecule has 0 saturated carbocycles. The summed E-state index contributed by atoms with van der Waals surface area (Å²) in [6.07, 6.45) is -0.110. The molecule has 1 aromatic carbocycles. The van der Waals surface area contributed by atoms with E-state index in [4.69, 9.17) is 4.74 Å². The summed E-state index contributed by atoms with van der Waals surface area (Å²) in [5.41, 5.74) is -0.218. The van der Waals surface area contributed by atoms with Crippen molar-refractivity contribution in [1.82, 2.24) is 4.90 Å². The van der Waals surface area contributed by atoms with Crippen molar-refractivity contribution in [1.29, 1.82) is 0 Å². The smallest absolute Gasteiger partial charge is 0.296 e. The number of ether oxygens (including phenoxy) is 1. The number of nitro benzene ring substituents is 1. The predicted molar refractivity (Wildman–Crippen MR) is 99.6 cm³/mol. The summed E-state index contributed by atoms with van der Waals surface area (Å²) in [6.45, 7) is 5.35. The number of benzene rings is 1. The van der Waals surface area contributed by atoms with Gasteiger partial charge >= 0.3 is 0 Å². The lowest BCUT2D eigenvalue weighted by atomic mass is 10.2. The lowest BCUT2D eigenvalue weighted by molar-refractivity contribution is -0.384. The SMILES string of the molecule is CCN(CC)C1=NC(=O)C(CC(=O)Nc2ccc(OC)cc2[N+](=O)[O-])S1. The normalized spacial score (nSPS) is 16.2. The third-order valence-corrected chi connectivity index (χ3v) is 5.02. The summed E-state index contributed by atoms with van der Waals surface area (Å²) in [5.74, 6) is -0.537. The van der Waals surface area contributed by atoms with Gasteiger partial charge in [-0.25, -0.2) is 0 Å². The van der Waals surface area contributed by atoms with Crippen molar-refractivity contribution in [2.45, 2.75) is 25.5 Å². The van der Waals surface area contributed by atoms with Gasteiger partial charge in [0.1, 0.15) is 16.7 Å². The number of nitro groups is 1. The van der Waals surface area contributed by atoms with E-state index in [0.29, 0.717) is 24.0 Å². The third kappa shape index (κ3) is 4.51. The number of methoxy groups -OCH3 is 1. The molecule has 1 aromatic rings. The highest BCUT2D eigenvalue weighted by Crippen LogP contribution is 2.31. The van der Waals surface area contributed by atoms with E-state index in [1.54, 1.807) is 0 Å². The monoisotopic (exact) mass is 380 g/mol. The number of aliphatic imine (C=N–C) groups is 1. The summed E-state index contributed by atoms with van der Waals surface area (Å²) in [7, 11) is 1.40. The summed E-state index contributed by atoms with van der Waals surface area (Å²) < 4.78 is 4.96. The molecule has 26 heavy (non-hydrogen) atoms. The minimum absolute atomic E-state index is 0.0566. The zero-order chi connectivity index (χ0) is 19.3. The zero-order valence-corrected chi connectivity index (χ0v) is 15.5. The summed E-state index contributed by atoms with van der Waals surface area (Å²) in [5, 5.41) is 13.6. The van der Waals surface area contributed by atoms with Crippen LogP contribution < -0.4 is 10.1 Å². The van der Waals surface area contributed by atoms with Gasteiger partial charge in [-0.05, 0) is 26.0 Å². The lowest BCUT2D eigenvalue weighted by Crippen LogP contribution is -2.28. The number of carbonyl (C=O) groups excluding carboxylic acids is 2. The molecule has 0 saturated heterocycles. The Morgan fingerprint density at radius 3 is 2.69 bits per heavy atom. The standard InChI is InChI=1S/C16H20N4O5S/c1-4-19(5-2)16-18-15(22)13(26-16)9-14(21)17-11-7-6-10(25-3)8-12(11)20(23)24/h6-8,13H,4-5,9H2,1-3H3,(H,17,21). The number of carbonyl (C=O) groups is 2. The molecule has 1 aliphatic heterocycles. The van der Waals surface area contributed by atoms with Crippen LogP contribution in [0, 0.1) is 10.1 Å². The fraction of sp³-hybridized carbons (Fsp3) is 0.438. The number of nitrogens with one attached hydrogen (secondary N) is 1. The van der Waals surface area contributed by atoms with Gasteiger partial charge in [-0.2, -0.15) is 4.99 Å². The molecule has 0 aromatic heterocycles. The Kier molecular flexibility index (Phi) is 6.56. The number of nitrogens with zero attached hydrogens (tertiary/aromatic N) is 3. The number of rotatable bonds is 7. The minimum Gasteiger partial charge on any atom is -0.496 e. The number of hydrogen-bond acceptors (Lipinski definition) is 7. The van der Waals surface area contributed by atoms with Gasteiger partial charge in [-0.15, -0.1) is 0 Å². The average molecular weight is 380 g/mol. The van der Waals surface area contributed by atoms with Gasteiger partial charge in [-0.3, -0.25) is 19.7 Å². The van der Waals surface area contributed by atoms with Crippen molar-refractivity contribution in [2.24, 2.45) is 4.99 Å². The van der Waals surface area contributed by atoms with Crippen LogP contribution in [0.1, 0.15) is 20.3 Å². The average Bonchev–Trinajstić information content (AvgIpc) is 2.96. The van der Waals surface area contributed by atoms with Crippen LogP contribution in [0.5, 0.6) is 5.75 Å². The van der Waals surface area contributed by atoms with Crippen molar-refractivity contribution in [2.75, 3.05) is 25.5 Å². The Bertz CT molecular complexity index is 748. The molecule has 0 radical (unpaired) electrons. The Hall–Kier alpha value is -2.62. The van der Waals surface area contributed by atoms with Crippen molar-refractivity contribution in [3.63, 3.8) is 0 Å². The van der Waals surface area contributed by atoms with Crippen LogP contribution in [-0.2, 0) is 9.59 Å². The van der Waals surface area contributed by atoms with E-state index in [0.717, 1.165) is 0 Å². The second kappa shape index (κ2) is 8.65. The number of anilines is 1. The molecule has 9 nitrogen and oxygen atoms in total. The molecule has 2 amide bonds. The van der Waals surface area contributed by atoms with Gasteiger partial charge in [0.2, 0.25) is 5.91 Å². The van der Waals surface area contributed by atoms with E-state index in [1.807, 2.05) is 18.7 Å². The number of thioether (sulfide) groups is 1. The Labute approximate surface area is 154 Å². The Morgan fingerprint density at radius 1 is 1.42 bits per heavy atom. The van der Waals surface area contributed by atoms with Gasteiger partial charge in [0, 0.05) is 19.5 Å². The van der Waals surface area contributed by atoms with E-state index in [9.17, 15) is 19.7 Å². The molecule has 1 unspecified atom stereocenters. The van der Waals surface area contributed by atoms with E-state index in [-0.39, 0.29) is 23.7 Å². The molecular weight excluding hydrogens is 360 g/mol. The predicted octanol–water partition coefficient (Wildman–Crippen LogP) is 2.27. The molecule has 140 valence electrons. The second-order valence-electron chi connectivity index (χ2n) is 5.40. The van der Waals surface area contributed by atoms with Gasteiger partial charge in [0.25, 0.3) is 11.6 Å². The van der Waals surface area contributed by atoms with Crippen LogP contribution in [0.15, 0.2) is 23.2 Å². The molecule has 2 rings (SSSR count). The third-order valence-electron chi connectivity index (χ3n) is 3.81. The molecule has 0 fully saturated rings. The Morgan fingerprint density at radius 2 is 2.12 bits per heavy atom. The van der Waals surface area contributed by atoms with Gasteiger partial charge < -0.3 is 15.0 Å². The molecule has 1 aliphatic rings. The van der Waals surface area contributed by atoms with E-state index in [1.165, 1.54) is 37.1 Å². The number of amidine groups is 1. The zero-order valence-electron chi connectivity index (χ0n) is 14.7. The molecule has 1 N–H and O–H groups in total. The van der Waals surface area contributed by atoms with Crippen LogP contribution in [-0.4, -0.2) is 52.3 Å². The van der Waals surface area contributed by atoms with Crippen LogP contribution >= 0.6 is 11.8 Å². The van der Waals surface area contributed by atoms with Crippen molar-refractivity contribution < 1.29 is 19.2 Å². The van der Waals surface area contributed by atoms with Gasteiger partial charge in [0.05, 0.1) is 18.1 Å². The van der Waals surface area contributed by atoms with Crippen LogP contribution in [0.25, 0.3) is 0 Å². The van der Waals surface area contributed by atoms with E-state index < -0.39 is 16.1 Å². The Balaban J connectivity index is 2.04. The summed E-state index contributed by atoms with van der Waals surface area (Å²) in [4.78, 5) is 40.8. The highest BCUT2D eigenvalue weighted by atomic mass is 32.2. The van der Waals surface area contributed by atoms with Crippen molar-refractivity contribution >= 4 is 40.1 Å². The maximum Gasteiger partial charge on any atom is 0.296 e. The highest BCUT2D eigenvalue weighted by molar-refractivity contribution is 8.15. The maximum absolute atomic E-state index is 12.3. The maximum atomic E-state index is 12.3. The molecule has 10 heteroatoms. The molecule has 0 bridgehead atoms. The first-order valence-electron chi connectivity index (χ1n) is 8.06.